The van der Waals surface area contributed by atoms with Gasteiger partial charge in [0.15, 0.2) is 0 Å². The van der Waals surface area contributed by atoms with Gasteiger partial charge in [0.1, 0.15) is 11.6 Å². The molecule has 1 atom stereocenters. The predicted octanol–water partition coefficient (Wildman–Crippen LogP) is 4.10. The topological polar surface area (TPSA) is 21.3 Å². The lowest BCUT2D eigenvalue weighted by Gasteiger charge is -2.19. The molecule has 0 aliphatic heterocycles. The maximum atomic E-state index is 13.4. The van der Waals surface area contributed by atoms with Gasteiger partial charge in [0.2, 0.25) is 0 Å². The highest BCUT2D eigenvalue weighted by Crippen LogP contribution is 2.33. The Morgan fingerprint density at radius 3 is 2.85 bits per heavy atom. The first-order valence-electron chi connectivity index (χ1n) is 6.75. The maximum absolute atomic E-state index is 13.4. The third-order valence-corrected chi connectivity index (χ3v) is 4.39. The van der Waals surface area contributed by atoms with Gasteiger partial charge < -0.3 is 10.1 Å². The second-order valence-electron chi connectivity index (χ2n) is 4.74. The minimum atomic E-state index is -0.181. The van der Waals surface area contributed by atoms with Crippen LogP contribution in [0.2, 0.25) is 0 Å². The molecule has 108 valence electrons. The SMILES string of the molecule is CCNC(Cc1cc(F)ccc1C)c1sccc1OC. The van der Waals surface area contributed by atoms with Crippen LogP contribution in [0.4, 0.5) is 4.39 Å². The summed E-state index contributed by atoms with van der Waals surface area (Å²) in [7, 11) is 1.68. The van der Waals surface area contributed by atoms with Crippen molar-refractivity contribution >= 4 is 11.3 Å². The van der Waals surface area contributed by atoms with Gasteiger partial charge in [-0.15, -0.1) is 11.3 Å². The summed E-state index contributed by atoms with van der Waals surface area (Å²) in [6.45, 7) is 4.95. The lowest BCUT2D eigenvalue weighted by Crippen LogP contribution is -2.23. The van der Waals surface area contributed by atoms with E-state index in [1.165, 1.54) is 6.07 Å². The summed E-state index contributed by atoms with van der Waals surface area (Å²) >= 11 is 1.67. The highest BCUT2D eigenvalue weighted by atomic mass is 32.1. The second-order valence-corrected chi connectivity index (χ2v) is 5.69. The molecule has 1 N–H and O–H groups in total. The summed E-state index contributed by atoms with van der Waals surface area (Å²) in [4.78, 5) is 1.16. The van der Waals surface area contributed by atoms with Crippen molar-refractivity contribution in [3.63, 3.8) is 0 Å². The van der Waals surface area contributed by atoms with Gasteiger partial charge in [-0.05, 0) is 54.6 Å². The van der Waals surface area contributed by atoms with Gasteiger partial charge in [0.25, 0.3) is 0 Å². The molecular formula is C16H20FNOS. The molecule has 0 aliphatic carbocycles. The van der Waals surface area contributed by atoms with Crippen LogP contribution in [0.25, 0.3) is 0 Å². The molecule has 0 spiro atoms. The number of ether oxygens (including phenoxy) is 1. The third-order valence-electron chi connectivity index (χ3n) is 3.38. The second kappa shape index (κ2) is 6.86. The van der Waals surface area contributed by atoms with Gasteiger partial charge in [0.05, 0.1) is 12.0 Å². The number of likely N-dealkylation sites (N-methyl/N-ethyl adjacent to an activating group) is 1. The minimum absolute atomic E-state index is 0.149. The van der Waals surface area contributed by atoms with E-state index < -0.39 is 0 Å². The van der Waals surface area contributed by atoms with Crippen molar-refractivity contribution in [1.29, 1.82) is 0 Å². The molecule has 0 saturated heterocycles. The lowest BCUT2D eigenvalue weighted by atomic mass is 9.99. The van der Waals surface area contributed by atoms with Gasteiger partial charge in [-0.25, -0.2) is 4.39 Å². The zero-order chi connectivity index (χ0) is 14.5. The van der Waals surface area contributed by atoms with Gasteiger partial charge in [-0.1, -0.05) is 13.0 Å². The van der Waals surface area contributed by atoms with E-state index in [1.807, 2.05) is 24.4 Å². The first kappa shape index (κ1) is 15.0. The zero-order valence-electron chi connectivity index (χ0n) is 12.1. The molecule has 0 amide bonds. The Balaban J connectivity index is 2.27. The Hall–Kier alpha value is -1.39. The number of methoxy groups -OCH3 is 1. The van der Waals surface area contributed by atoms with E-state index >= 15 is 0 Å². The van der Waals surface area contributed by atoms with Crippen LogP contribution in [-0.2, 0) is 6.42 Å². The predicted molar refractivity (Wildman–Crippen MR) is 82.1 cm³/mol. The number of thiophene rings is 1. The van der Waals surface area contributed by atoms with Crippen LogP contribution in [0.5, 0.6) is 5.75 Å². The Morgan fingerprint density at radius 2 is 2.15 bits per heavy atom. The number of halogens is 1. The van der Waals surface area contributed by atoms with Crippen LogP contribution in [0.15, 0.2) is 29.6 Å². The molecule has 20 heavy (non-hydrogen) atoms. The molecule has 0 aliphatic rings. The van der Waals surface area contributed by atoms with Crippen LogP contribution in [0.3, 0.4) is 0 Å². The molecule has 0 bridgehead atoms. The molecule has 0 fully saturated rings. The highest BCUT2D eigenvalue weighted by molar-refractivity contribution is 7.10. The molecule has 1 unspecified atom stereocenters. The van der Waals surface area contributed by atoms with Crippen molar-refractivity contribution in [3.8, 4) is 5.75 Å². The molecule has 0 radical (unpaired) electrons. The Labute approximate surface area is 123 Å². The first-order valence-corrected chi connectivity index (χ1v) is 7.63. The Morgan fingerprint density at radius 1 is 1.35 bits per heavy atom. The van der Waals surface area contributed by atoms with E-state index in [1.54, 1.807) is 24.5 Å². The normalized spacial score (nSPS) is 12.4. The smallest absolute Gasteiger partial charge is 0.134 e. The first-order chi connectivity index (χ1) is 9.65. The van der Waals surface area contributed by atoms with Crippen LogP contribution in [0, 0.1) is 12.7 Å². The van der Waals surface area contributed by atoms with E-state index in [9.17, 15) is 4.39 Å². The van der Waals surface area contributed by atoms with Crippen molar-refractivity contribution in [3.05, 3.63) is 51.5 Å². The fourth-order valence-corrected chi connectivity index (χ4v) is 3.25. The number of aryl methyl sites for hydroxylation is 1. The van der Waals surface area contributed by atoms with E-state index in [0.29, 0.717) is 0 Å². The molecule has 1 aromatic heterocycles. The summed E-state index contributed by atoms with van der Waals surface area (Å²) in [6.07, 6.45) is 0.758. The van der Waals surface area contributed by atoms with Gasteiger partial charge in [0, 0.05) is 6.04 Å². The molecule has 2 aromatic rings. The number of hydrogen-bond acceptors (Lipinski definition) is 3. The van der Waals surface area contributed by atoms with E-state index in [0.717, 1.165) is 34.7 Å². The van der Waals surface area contributed by atoms with Crippen LogP contribution < -0.4 is 10.1 Å². The highest BCUT2D eigenvalue weighted by Gasteiger charge is 2.18. The minimum Gasteiger partial charge on any atom is -0.496 e. The van der Waals surface area contributed by atoms with Crippen molar-refractivity contribution in [1.82, 2.24) is 5.32 Å². The largest absolute Gasteiger partial charge is 0.496 e. The average molecular weight is 293 g/mol. The number of hydrogen-bond donors (Lipinski definition) is 1. The van der Waals surface area contributed by atoms with E-state index in [-0.39, 0.29) is 11.9 Å². The lowest BCUT2D eigenvalue weighted by molar-refractivity contribution is 0.403. The standard InChI is InChI=1S/C16H20FNOS/c1-4-18-14(16-15(19-3)7-8-20-16)10-12-9-13(17)6-5-11(12)2/h5-9,14,18H,4,10H2,1-3H3. The monoisotopic (exact) mass is 293 g/mol. The number of rotatable bonds is 6. The van der Waals surface area contributed by atoms with E-state index in [2.05, 4.69) is 12.2 Å². The van der Waals surface area contributed by atoms with Gasteiger partial charge in [-0.3, -0.25) is 0 Å². The summed E-state index contributed by atoms with van der Waals surface area (Å²) in [5, 5.41) is 5.49. The average Bonchev–Trinajstić information content (AvgIpc) is 2.90. The molecule has 2 nitrogen and oxygen atoms in total. The zero-order valence-corrected chi connectivity index (χ0v) is 12.9. The Bertz CT molecular complexity index is 567. The van der Waals surface area contributed by atoms with Crippen molar-refractivity contribution in [2.75, 3.05) is 13.7 Å². The fraction of sp³-hybridized carbons (Fsp3) is 0.375. The summed E-state index contributed by atoms with van der Waals surface area (Å²) in [5.41, 5.74) is 2.15. The van der Waals surface area contributed by atoms with Crippen molar-refractivity contribution in [2.24, 2.45) is 0 Å². The third kappa shape index (κ3) is 3.38. The van der Waals surface area contributed by atoms with Gasteiger partial charge >= 0.3 is 0 Å². The Kier molecular flexibility index (Phi) is 5.15. The van der Waals surface area contributed by atoms with Crippen molar-refractivity contribution < 1.29 is 9.13 Å². The van der Waals surface area contributed by atoms with E-state index in [4.69, 9.17) is 4.74 Å². The molecule has 1 heterocycles. The van der Waals surface area contributed by atoms with Crippen LogP contribution >= 0.6 is 11.3 Å². The summed E-state index contributed by atoms with van der Waals surface area (Å²) in [6, 6.07) is 7.09. The molecule has 2 rings (SSSR count). The molecule has 0 saturated carbocycles. The molecule has 1 aromatic carbocycles. The molecule has 4 heteroatoms. The summed E-state index contributed by atoms with van der Waals surface area (Å²) < 4.78 is 18.8. The van der Waals surface area contributed by atoms with Crippen LogP contribution in [0.1, 0.15) is 29.0 Å². The maximum Gasteiger partial charge on any atom is 0.134 e. The number of nitrogens with one attached hydrogen (secondary N) is 1. The quantitative estimate of drug-likeness (QED) is 0.866. The molecular weight excluding hydrogens is 273 g/mol. The van der Waals surface area contributed by atoms with Gasteiger partial charge in [-0.2, -0.15) is 0 Å². The fourth-order valence-electron chi connectivity index (χ4n) is 2.32. The summed E-state index contributed by atoms with van der Waals surface area (Å²) in [5.74, 6) is 0.717. The van der Waals surface area contributed by atoms with Crippen LogP contribution in [-0.4, -0.2) is 13.7 Å². The van der Waals surface area contributed by atoms with Crippen molar-refractivity contribution in [2.45, 2.75) is 26.3 Å². The number of benzene rings is 1.